The molecule has 0 unspecified atom stereocenters. The van der Waals surface area contributed by atoms with E-state index in [0.717, 1.165) is 17.3 Å². The maximum atomic E-state index is 11.6. The van der Waals surface area contributed by atoms with Gasteiger partial charge in [0, 0.05) is 29.2 Å². The second kappa shape index (κ2) is 23.3. The molecular weight excluding hydrogens is 504 g/mol. The van der Waals surface area contributed by atoms with Gasteiger partial charge in [0.25, 0.3) is 0 Å². The first-order valence-electron chi connectivity index (χ1n) is 12.5. The van der Waals surface area contributed by atoms with Crippen LogP contribution >= 0.6 is 15.9 Å². The summed E-state index contributed by atoms with van der Waals surface area (Å²) in [4.78, 5) is 11.6. The minimum atomic E-state index is -0.0964. The molecule has 2 aromatic rings. The van der Waals surface area contributed by atoms with Gasteiger partial charge < -0.3 is 54.2 Å². The number of halogens is 1. The van der Waals surface area contributed by atoms with Crippen molar-refractivity contribution in [2.24, 2.45) is 0 Å². The summed E-state index contributed by atoms with van der Waals surface area (Å²) < 4.78 is 6.39. The van der Waals surface area contributed by atoms with Crippen molar-refractivity contribution in [3.63, 3.8) is 0 Å². The Balaban J connectivity index is 0.00000118. The van der Waals surface area contributed by atoms with E-state index >= 15 is 0 Å². The van der Waals surface area contributed by atoms with Crippen LogP contribution in [0.5, 0.6) is 5.75 Å². The zero-order valence-corrected chi connectivity index (χ0v) is 22.7. The number of rotatable bonds is 17. The van der Waals surface area contributed by atoms with Crippen LogP contribution in [0.2, 0.25) is 0 Å². The Morgan fingerprint density at radius 3 is 1.53 bits per heavy atom. The number of esters is 1. The zero-order chi connectivity index (χ0) is 22.4. The van der Waals surface area contributed by atoms with Crippen LogP contribution in [0.1, 0.15) is 110 Å². The molecule has 4 heteroatoms. The van der Waals surface area contributed by atoms with E-state index in [0.29, 0.717) is 12.2 Å². The standard InChI is InChI=1S/C23H39O2.C5H4Br.Fe/c1-2-3-4-5-6-7-8-9-10-11-12-13-14-15-16-21-23(24)25-22-19-17-18-20-22;6-5-3-1-2-4-5;/h17-20H,2-16,21H2,1H3;1-4H;/q-1;-5;. The van der Waals surface area contributed by atoms with Crippen molar-refractivity contribution < 1.29 is 26.6 Å². The number of unbranched alkanes of at least 4 members (excludes halogenated alkanes) is 14. The molecule has 188 valence electrons. The van der Waals surface area contributed by atoms with E-state index in [1.165, 1.54) is 83.5 Å². The van der Waals surface area contributed by atoms with Crippen molar-refractivity contribution >= 4 is 21.9 Å². The average Bonchev–Trinajstić information content (AvgIpc) is 3.45. The fourth-order valence-electron chi connectivity index (χ4n) is 3.60. The smallest absolute Gasteiger partial charge is 0.233 e. The Morgan fingerprint density at radius 2 is 1.16 bits per heavy atom. The molecule has 0 spiro atoms. The molecule has 0 saturated heterocycles. The van der Waals surface area contributed by atoms with Crippen molar-refractivity contribution in [2.75, 3.05) is 0 Å². The van der Waals surface area contributed by atoms with Gasteiger partial charge in [-0.05, 0) is 0 Å². The summed E-state index contributed by atoms with van der Waals surface area (Å²) in [5, 5.41) is 0. The zero-order valence-electron chi connectivity index (χ0n) is 20.0. The van der Waals surface area contributed by atoms with Crippen molar-refractivity contribution in [2.45, 2.75) is 110 Å². The first-order valence-corrected chi connectivity index (χ1v) is 13.3. The monoisotopic (exact) mass is 546 g/mol. The molecule has 0 aliphatic carbocycles. The first kappa shape index (κ1) is 31.2. The van der Waals surface area contributed by atoms with Crippen molar-refractivity contribution in [1.29, 1.82) is 0 Å². The van der Waals surface area contributed by atoms with E-state index < -0.39 is 0 Å². The SMILES string of the molecule is Br[c-]1[cH-][cH-][cH-][cH-]1.CCCCCCCCCCCCCCCCCC(=O)O[c-]1cccc1.[Fe]. The van der Waals surface area contributed by atoms with Crippen LogP contribution in [0.4, 0.5) is 0 Å². The predicted octanol–water partition coefficient (Wildman–Crippen LogP) is 9.74. The first-order chi connectivity index (χ1) is 15.2. The molecule has 2 aromatic carbocycles. The second-order valence-corrected chi connectivity index (χ2v) is 9.31. The summed E-state index contributed by atoms with van der Waals surface area (Å²) in [6.07, 6.45) is 20.7. The largest absolute Gasteiger partial charge is 0.747 e. The number of ether oxygens (including phenoxy) is 1. The van der Waals surface area contributed by atoms with Crippen molar-refractivity contribution in [1.82, 2.24) is 0 Å². The molecule has 0 heterocycles. The Morgan fingerprint density at radius 1 is 0.750 bits per heavy atom. The second-order valence-electron chi connectivity index (χ2n) is 8.40. The molecule has 0 bridgehead atoms. The van der Waals surface area contributed by atoms with Crippen LogP contribution in [0.15, 0.2) is 53.0 Å². The van der Waals surface area contributed by atoms with Crippen LogP contribution in [-0.2, 0) is 21.9 Å². The molecular formula is C28H43BrFeO2-6. The Labute approximate surface area is 216 Å². The van der Waals surface area contributed by atoms with Crippen LogP contribution in [0, 0.1) is 0 Å². The van der Waals surface area contributed by atoms with Crippen LogP contribution in [-0.4, -0.2) is 5.97 Å². The third kappa shape index (κ3) is 19.8. The van der Waals surface area contributed by atoms with Gasteiger partial charge in [0.05, 0.1) is 0 Å². The van der Waals surface area contributed by atoms with Crippen LogP contribution in [0.3, 0.4) is 0 Å². The van der Waals surface area contributed by atoms with E-state index in [1.54, 1.807) is 0 Å². The van der Waals surface area contributed by atoms with E-state index in [4.69, 9.17) is 4.74 Å². The number of carbonyl (C=O) groups excluding carboxylic acids is 1. The van der Waals surface area contributed by atoms with Gasteiger partial charge >= 0.3 is 0 Å². The minimum Gasteiger partial charge on any atom is -0.747 e. The molecule has 0 aromatic heterocycles. The minimum absolute atomic E-state index is 0. The normalized spacial score (nSPS) is 10.2. The third-order valence-corrected chi connectivity index (χ3v) is 6.00. The van der Waals surface area contributed by atoms with Gasteiger partial charge in [0.15, 0.2) is 0 Å². The molecule has 0 amide bonds. The molecule has 32 heavy (non-hydrogen) atoms. The molecule has 2 rings (SSSR count). The summed E-state index contributed by atoms with van der Waals surface area (Å²) in [5.41, 5.74) is 0. The predicted molar refractivity (Wildman–Crippen MR) is 137 cm³/mol. The number of hydrogen-bond acceptors (Lipinski definition) is 2. The maximum absolute atomic E-state index is 11.6. The summed E-state index contributed by atoms with van der Waals surface area (Å²) >= 11 is 3.28. The Bertz CT molecular complexity index is 607. The van der Waals surface area contributed by atoms with Gasteiger partial charge in [0.1, 0.15) is 0 Å². The summed E-state index contributed by atoms with van der Waals surface area (Å²) in [6, 6.07) is 15.4. The summed E-state index contributed by atoms with van der Waals surface area (Å²) in [7, 11) is 0. The van der Waals surface area contributed by atoms with Crippen LogP contribution < -0.4 is 4.74 Å². The third-order valence-electron chi connectivity index (χ3n) is 5.47. The average molecular weight is 547 g/mol. The van der Waals surface area contributed by atoms with Crippen molar-refractivity contribution in [3.05, 3.63) is 53.0 Å². The van der Waals surface area contributed by atoms with E-state index in [2.05, 4.69) is 22.9 Å². The molecule has 0 atom stereocenters. The summed E-state index contributed by atoms with van der Waals surface area (Å²) in [5.74, 6) is 0.576. The van der Waals surface area contributed by atoms with Gasteiger partial charge in [-0.2, -0.15) is 12.1 Å². The number of carbonyl (C=O) groups is 1. The Hall–Kier alpha value is -0.831. The van der Waals surface area contributed by atoms with Gasteiger partial charge in [-0.3, -0.25) is 0 Å². The van der Waals surface area contributed by atoms with Crippen LogP contribution in [0.25, 0.3) is 0 Å². The molecule has 0 N–H and O–H groups in total. The van der Waals surface area contributed by atoms with Gasteiger partial charge in [-0.1, -0.05) is 103 Å². The molecule has 0 aliphatic rings. The van der Waals surface area contributed by atoms with Gasteiger partial charge in [0.2, 0.25) is 5.97 Å². The molecule has 0 radical (unpaired) electrons. The summed E-state index contributed by atoms with van der Waals surface area (Å²) in [6.45, 7) is 2.28. The molecule has 0 saturated carbocycles. The fraction of sp³-hybridized carbons (Fsp3) is 0.607. The van der Waals surface area contributed by atoms with Crippen molar-refractivity contribution in [3.8, 4) is 5.75 Å². The van der Waals surface area contributed by atoms with E-state index in [-0.39, 0.29) is 23.0 Å². The topological polar surface area (TPSA) is 26.3 Å². The Kier molecular flexibility index (Phi) is 22.7. The van der Waals surface area contributed by atoms with E-state index in [1.807, 2.05) is 48.5 Å². The molecule has 0 aliphatic heterocycles. The van der Waals surface area contributed by atoms with Gasteiger partial charge in [-0.25, -0.2) is 0 Å². The molecule has 2 nitrogen and oxygen atoms in total. The molecule has 0 fully saturated rings. The van der Waals surface area contributed by atoms with E-state index in [9.17, 15) is 4.79 Å². The fourth-order valence-corrected chi connectivity index (χ4v) is 3.90. The quantitative estimate of drug-likeness (QED) is 0.0853. The maximum Gasteiger partial charge on any atom is 0.233 e. The van der Waals surface area contributed by atoms with Gasteiger partial charge in [-0.15, -0.1) is 12.1 Å². The number of hydrogen-bond donors (Lipinski definition) is 0.